The minimum Gasteiger partial charge on any atom is -0.348 e. The van der Waals surface area contributed by atoms with Crippen molar-refractivity contribution in [2.75, 3.05) is 6.54 Å². The molecule has 0 bridgehead atoms. The second-order valence-electron chi connectivity index (χ2n) is 4.84. The average molecular weight is 273 g/mol. The first kappa shape index (κ1) is 15.0. The third-order valence-electron chi connectivity index (χ3n) is 3.31. The molecule has 102 valence electrons. The van der Waals surface area contributed by atoms with Crippen molar-refractivity contribution >= 4 is 18.3 Å². The zero-order valence-electron chi connectivity index (χ0n) is 11.1. The number of carbonyl (C=O) groups is 1. The van der Waals surface area contributed by atoms with E-state index in [-0.39, 0.29) is 24.4 Å². The molecule has 2 N–H and O–H groups in total. The van der Waals surface area contributed by atoms with E-state index in [9.17, 15) is 4.79 Å². The molecule has 18 heavy (non-hydrogen) atoms. The number of hydrogen-bond acceptors (Lipinski definition) is 3. The first-order chi connectivity index (χ1) is 8.06. The van der Waals surface area contributed by atoms with Crippen LogP contribution in [0.4, 0.5) is 0 Å². The van der Waals surface area contributed by atoms with Crippen molar-refractivity contribution < 1.29 is 4.79 Å². The fourth-order valence-electron chi connectivity index (χ4n) is 2.19. The minimum atomic E-state index is -0.0622. The lowest BCUT2D eigenvalue weighted by Gasteiger charge is -2.28. The summed E-state index contributed by atoms with van der Waals surface area (Å²) in [5, 5.41) is 10.6. The van der Waals surface area contributed by atoms with E-state index in [2.05, 4.69) is 22.7 Å². The topological polar surface area (TPSA) is 59.0 Å². The van der Waals surface area contributed by atoms with Crippen molar-refractivity contribution in [2.24, 2.45) is 7.05 Å². The number of aryl methyl sites for hydroxylation is 2. The first-order valence-electron chi connectivity index (χ1n) is 6.11. The van der Waals surface area contributed by atoms with Gasteiger partial charge in [-0.25, -0.2) is 0 Å². The van der Waals surface area contributed by atoms with Crippen molar-refractivity contribution in [1.29, 1.82) is 0 Å². The van der Waals surface area contributed by atoms with E-state index >= 15 is 0 Å². The summed E-state index contributed by atoms with van der Waals surface area (Å²) in [5.41, 5.74) is 1.50. The van der Waals surface area contributed by atoms with Crippen LogP contribution in [0, 0.1) is 6.92 Å². The van der Waals surface area contributed by atoms with E-state index in [1.165, 1.54) is 0 Å². The van der Waals surface area contributed by atoms with Crippen LogP contribution in [-0.2, 0) is 7.05 Å². The third-order valence-corrected chi connectivity index (χ3v) is 3.31. The van der Waals surface area contributed by atoms with Crippen molar-refractivity contribution in [2.45, 2.75) is 38.8 Å². The lowest BCUT2D eigenvalue weighted by Crippen LogP contribution is -2.46. The van der Waals surface area contributed by atoms with Crippen LogP contribution in [0.15, 0.2) is 6.07 Å². The number of carbonyl (C=O) groups excluding carboxylic acids is 1. The Hall–Kier alpha value is -1.07. The molecule has 1 aromatic rings. The highest BCUT2D eigenvalue weighted by Gasteiger charge is 2.21. The molecule has 0 radical (unpaired) electrons. The lowest BCUT2D eigenvalue weighted by atomic mass is 10.0. The van der Waals surface area contributed by atoms with E-state index in [0.717, 1.165) is 25.1 Å². The van der Waals surface area contributed by atoms with E-state index in [4.69, 9.17) is 0 Å². The van der Waals surface area contributed by atoms with Gasteiger partial charge in [0.15, 0.2) is 0 Å². The van der Waals surface area contributed by atoms with E-state index < -0.39 is 0 Å². The smallest absolute Gasteiger partial charge is 0.272 e. The van der Waals surface area contributed by atoms with Gasteiger partial charge in [0.25, 0.3) is 5.91 Å². The molecule has 2 heterocycles. The maximum atomic E-state index is 12.0. The number of aromatic nitrogens is 2. The summed E-state index contributed by atoms with van der Waals surface area (Å²) in [7, 11) is 1.85. The molecule has 0 aromatic carbocycles. The van der Waals surface area contributed by atoms with Gasteiger partial charge < -0.3 is 10.6 Å². The molecule has 2 unspecified atom stereocenters. The molecule has 1 aromatic heterocycles. The largest absolute Gasteiger partial charge is 0.348 e. The van der Waals surface area contributed by atoms with Crippen LogP contribution in [0.2, 0.25) is 0 Å². The van der Waals surface area contributed by atoms with Crippen LogP contribution in [0.5, 0.6) is 0 Å². The van der Waals surface area contributed by atoms with Crippen LogP contribution < -0.4 is 10.6 Å². The summed E-state index contributed by atoms with van der Waals surface area (Å²) < 4.78 is 1.72. The van der Waals surface area contributed by atoms with Gasteiger partial charge >= 0.3 is 0 Å². The summed E-state index contributed by atoms with van der Waals surface area (Å²) in [6, 6.07) is 2.56. The summed E-state index contributed by atoms with van der Waals surface area (Å²) in [5.74, 6) is -0.0622. The molecular formula is C12H21ClN4O. The van der Waals surface area contributed by atoms with E-state index in [1.807, 2.05) is 20.0 Å². The molecule has 1 saturated heterocycles. The van der Waals surface area contributed by atoms with Gasteiger partial charge in [0, 0.05) is 24.8 Å². The first-order valence-corrected chi connectivity index (χ1v) is 6.11. The monoisotopic (exact) mass is 272 g/mol. The number of amides is 1. The summed E-state index contributed by atoms with van der Waals surface area (Å²) >= 11 is 0. The second kappa shape index (κ2) is 6.20. The predicted molar refractivity (Wildman–Crippen MR) is 73.1 cm³/mol. The maximum absolute atomic E-state index is 12.0. The molecule has 2 rings (SSSR count). The standard InChI is InChI=1S/C12H20N4O.ClH/c1-8-6-10(4-5-13-8)14-12(17)11-7-9(2)16(3)15-11;/h7-8,10,13H,4-6H2,1-3H3,(H,14,17);1H. The lowest BCUT2D eigenvalue weighted by molar-refractivity contribution is 0.0920. The maximum Gasteiger partial charge on any atom is 0.272 e. The molecule has 0 spiro atoms. The van der Waals surface area contributed by atoms with Crippen LogP contribution >= 0.6 is 12.4 Å². The Kier molecular flexibility index (Phi) is 5.16. The molecule has 0 aliphatic carbocycles. The number of hydrogen-bond donors (Lipinski definition) is 2. The number of halogens is 1. The van der Waals surface area contributed by atoms with Crippen LogP contribution in [0.1, 0.15) is 35.9 Å². The zero-order chi connectivity index (χ0) is 12.4. The molecule has 1 aliphatic rings. The van der Waals surface area contributed by atoms with Crippen molar-refractivity contribution in [3.8, 4) is 0 Å². The second-order valence-corrected chi connectivity index (χ2v) is 4.84. The van der Waals surface area contributed by atoms with Crippen molar-refractivity contribution in [3.05, 3.63) is 17.5 Å². The van der Waals surface area contributed by atoms with Gasteiger partial charge in [-0.1, -0.05) is 0 Å². The fourth-order valence-corrected chi connectivity index (χ4v) is 2.19. The van der Waals surface area contributed by atoms with E-state index in [1.54, 1.807) is 4.68 Å². The Morgan fingerprint density at radius 2 is 2.33 bits per heavy atom. The van der Waals surface area contributed by atoms with Gasteiger partial charge in [-0.15, -0.1) is 12.4 Å². The quantitative estimate of drug-likeness (QED) is 0.845. The number of nitrogens with one attached hydrogen (secondary N) is 2. The van der Waals surface area contributed by atoms with Crippen molar-refractivity contribution in [3.63, 3.8) is 0 Å². The molecule has 2 atom stereocenters. The normalized spacial score (nSPS) is 23.3. The van der Waals surface area contributed by atoms with Crippen molar-refractivity contribution in [1.82, 2.24) is 20.4 Å². The van der Waals surface area contributed by atoms with Gasteiger partial charge in [-0.05, 0) is 39.3 Å². The summed E-state index contributed by atoms with van der Waals surface area (Å²) in [6.07, 6.45) is 1.97. The van der Waals surface area contributed by atoms with E-state index in [0.29, 0.717) is 11.7 Å². The van der Waals surface area contributed by atoms with Gasteiger partial charge in [0.05, 0.1) is 0 Å². The Labute approximate surface area is 114 Å². The van der Waals surface area contributed by atoms with Crippen LogP contribution in [0.3, 0.4) is 0 Å². The highest BCUT2D eigenvalue weighted by Crippen LogP contribution is 2.09. The Bertz CT molecular complexity index is 399. The molecule has 1 amide bonds. The molecule has 0 saturated carbocycles. The Balaban J connectivity index is 0.00000162. The van der Waals surface area contributed by atoms with Gasteiger partial charge in [0.2, 0.25) is 0 Å². The number of nitrogens with zero attached hydrogens (tertiary/aromatic N) is 2. The number of rotatable bonds is 2. The van der Waals surface area contributed by atoms with Crippen LogP contribution in [0.25, 0.3) is 0 Å². The summed E-state index contributed by atoms with van der Waals surface area (Å²) in [6.45, 7) is 5.05. The summed E-state index contributed by atoms with van der Waals surface area (Å²) in [4.78, 5) is 12.0. The molecule has 6 heteroatoms. The van der Waals surface area contributed by atoms with Gasteiger partial charge in [-0.2, -0.15) is 5.10 Å². The zero-order valence-corrected chi connectivity index (χ0v) is 11.9. The average Bonchev–Trinajstić information content (AvgIpc) is 2.59. The molecule has 1 aliphatic heterocycles. The molecule has 1 fully saturated rings. The Morgan fingerprint density at radius 1 is 1.61 bits per heavy atom. The molecular weight excluding hydrogens is 252 g/mol. The molecule has 5 nitrogen and oxygen atoms in total. The fraction of sp³-hybridized carbons (Fsp3) is 0.667. The SMILES string of the molecule is Cc1cc(C(=O)NC2CCNC(C)C2)nn1C.Cl. The van der Waals surface area contributed by atoms with Crippen LogP contribution in [-0.4, -0.2) is 34.3 Å². The predicted octanol–water partition coefficient (Wildman–Crippen LogP) is 1.02. The third kappa shape index (κ3) is 3.46. The van der Waals surface area contributed by atoms with Gasteiger partial charge in [0.1, 0.15) is 5.69 Å². The highest BCUT2D eigenvalue weighted by molar-refractivity contribution is 5.92. The minimum absolute atomic E-state index is 0. The number of piperidine rings is 1. The Morgan fingerprint density at radius 3 is 2.89 bits per heavy atom. The highest BCUT2D eigenvalue weighted by atomic mass is 35.5. The van der Waals surface area contributed by atoms with Gasteiger partial charge in [-0.3, -0.25) is 9.48 Å².